The van der Waals surface area contributed by atoms with Crippen LogP contribution in [0, 0.1) is 0 Å². The maximum absolute atomic E-state index is 12.1. The minimum atomic E-state index is -0.362. The lowest BCUT2D eigenvalue weighted by atomic mass is 10.1. The number of nitrogens with zero attached hydrogens (tertiary/aromatic N) is 3. The average molecular weight is 302 g/mol. The highest BCUT2D eigenvalue weighted by molar-refractivity contribution is 7.09. The molecular formula is C13H10N4O3S. The Labute approximate surface area is 123 Å². The third-order valence-corrected chi connectivity index (χ3v) is 3.63. The molecule has 21 heavy (non-hydrogen) atoms. The van der Waals surface area contributed by atoms with Gasteiger partial charge in [0.2, 0.25) is 11.0 Å². The predicted molar refractivity (Wildman–Crippen MR) is 75.0 cm³/mol. The second kappa shape index (κ2) is 5.41. The molecular weight excluding hydrogens is 292 g/mol. The quantitative estimate of drug-likeness (QED) is 0.856. The lowest BCUT2D eigenvalue weighted by Gasteiger charge is -2.12. The third-order valence-electron chi connectivity index (χ3n) is 3.05. The molecule has 1 aromatic heterocycles. The van der Waals surface area contributed by atoms with E-state index in [9.17, 15) is 14.4 Å². The number of imide groups is 1. The molecule has 1 aliphatic rings. The van der Waals surface area contributed by atoms with Gasteiger partial charge in [-0.2, -0.15) is 4.37 Å². The van der Waals surface area contributed by atoms with Gasteiger partial charge in [0.1, 0.15) is 6.33 Å². The van der Waals surface area contributed by atoms with Crippen LogP contribution in [0.2, 0.25) is 0 Å². The molecule has 0 spiro atoms. The first-order valence-corrected chi connectivity index (χ1v) is 6.96. The molecule has 1 aromatic carbocycles. The number of benzene rings is 1. The monoisotopic (exact) mass is 302 g/mol. The van der Waals surface area contributed by atoms with E-state index < -0.39 is 0 Å². The van der Waals surface area contributed by atoms with Crippen molar-refractivity contribution in [3.63, 3.8) is 0 Å². The Morgan fingerprint density at radius 1 is 1.19 bits per heavy atom. The first-order valence-electron chi connectivity index (χ1n) is 6.18. The van der Waals surface area contributed by atoms with Crippen LogP contribution in [0.3, 0.4) is 0 Å². The SMILES string of the molecule is O=C(CCN1C(=O)c2ccccc2C1=O)Nc1ncns1. The van der Waals surface area contributed by atoms with Crippen molar-refractivity contribution in [3.05, 3.63) is 41.7 Å². The molecule has 7 nitrogen and oxygen atoms in total. The maximum atomic E-state index is 12.1. The number of fused-ring (bicyclic) bond motifs is 1. The zero-order valence-corrected chi connectivity index (χ0v) is 11.6. The van der Waals surface area contributed by atoms with E-state index in [2.05, 4.69) is 14.7 Å². The third kappa shape index (κ3) is 2.52. The van der Waals surface area contributed by atoms with Crippen LogP contribution >= 0.6 is 11.5 Å². The number of hydrogen-bond acceptors (Lipinski definition) is 6. The topological polar surface area (TPSA) is 92.3 Å². The molecule has 0 radical (unpaired) electrons. The van der Waals surface area contributed by atoms with Crippen molar-refractivity contribution < 1.29 is 14.4 Å². The van der Waals surface area contributed by atoms with Crippen LogP contribution in [0.1, 0.15) is 27.1 Å². The van der Waals surface area contributed by atoms with E-state index in [4.69, 9.17) is 0 Å². The summed E-state index contributed by atoms with van der Waals surface area (Å²) in [5.41, 5.74) is 0.763. The van der Waals surface area contributed by atoms with E-state index in [-0.39, 0.29) is 30.7 Å². The van der Waals surface area contributed by atoms with Crippen molar-refractivity contribution in [1.82, 2.24) is 14.3 Å². The summed E-state index contributed by atoms with van der Waals surface area (Å²) in [6, 6.07) is 6.62. The van der Waals surface area contributed by atoms with Gasteiger partial charge in [0.15, 0.2) is 0 Å². The van der Waals surface area contributed by atoms with Crippen molar-refractivity contribution in [2.24, 2.45) is 0 Å². The highest BCUT2D eigenvalue weighted by Crippen LogP contribution is 2.22. The number of rotatable bonds is 4. The number of carbonyl (C=O) groups is 3. The molecule has 0 fully saturated rings. The van der Waals surface area contributed by atoms with Crippen molar-refractivity contribution in [3.8, 4) is 0 Å². The minimum Gasteiger partial charge on any atom is -0.301 e. The van der Waals surface area contributed by atoms with Gasteiger partial charge in [0.05, 0.1) is 11.1 Å². The van der Waals surface area contributed by atoms with Crippen molar-refractivity contribution in [2.45, 2.75) is 6.42 Å². The van der Waals surface area contributed by atoms with Crippen LogP contribution in [0.5, 0.6) is 0 Å². The Kier molecular flexibility index (Phi) is 3.44. The van der Waals surface area contributed by atoms with Gasteiger partial charge in [-0.05, 0) is 12.1 Å². The smallest absolute Gasteiger partial charge is 0.261 e. The second-order valence-electron chi connectivity index (χ2n) is 4.35. The van der Waals surface area contributed by atoms with E-state index in [1.807, 2.05) is 0 Å². The highest BCUT2D eigenvalue weighted by Gasteiger charge is 2.34. The molecule has 3 rings (SSSR count). The van der Waals surface area contributed by atoms with Gasteiger partial charge in [-0.1, -0.05) is 12.1 Å². The molecule has 0 bridgehead atoms. The summed E-state index contributed by atoms with van der Waals surface area (Å²) in [5, 5.41) is 2.94. The van der Waals surface area contributed by atoms with E-state index in [0.717, 1.165) is 16.4 Å². The lowest BCUT2D eigenvalue weighted by molar-refractivity contribution is -0.116. The Bertz CT molecular complexity index is 679. The van der Waals surface area contributed by atoms with Gasteiger partial charge in [-0.25, -0.2) is 4.98 Å². The number of nitrogens with one attached hydrogen (secondary N) is 1. The van der Waals surface area contributed by atoms with Crippen LogP contribution in [0.25, 0.3) is 0 Å². The molecule has 1 N–H and O–H groups in total. The van der Waals surface area contributed by atoms with Gasteiger partial charge in [0, 0.05) is 24.5 Å². The summed E-state index contributed by atoms with van der Waals surface area (Å²) in [7, 11) is 0. The molecule has 2 heterocycles. The van der Waals surface area contributed by atoms with E-state index in [1.54, 1.807) is 24.3 Å². The second-order valence-corrected chi connectivity index (χ2v) is 5.13. The van der Waals surface area contributed by atoms with Gasteiger partial charge in [-0.15, -0.1) is 0 Å². The number of anilines is 1. The largest absolute Gasteiger partial charge is 0.301 e. The molecule has 0 atom stereocenters. The first-order chi connectivity index (χ1) is 10.2. The maximum Gasteiger partial charge on any atom is 0.261 e. The Morgan fingerprint density at radius 2 is 1.86 bits per heavy atom. The number of carbonyl (C=O) groups excluding carboxylic acids is 3. The van der Waals surface area contributed by atoms with E-state index in [0.29, 0.717) is 16.3 Å². The average Bonchev–Trinajstić information content (AvgIpc) is 3.07. The molecule has 2 aromatic rings. The van der Waals surface area contributed by atoms with Crippen LogP contribution in [0.4, 0.5) is 5.13 Å². The van der Waals surface area contributed by atoms with Gasteiger partial charge < -0.3 is 5.32 Å². The zero-order valence-electron chi connectivity index (χ0n) is 10.8. The van der Waals surface area contributed by atoms with Crippen molar-refractivity contribution >= 4 is 34.4 Å². The zero-order chi connectivity index (χ0) is 14.8. The van der Waals surface area contributed by atoms with Crippen molar-refractivity contribution in [2.75, 3.05) is 11.9 Å². The molecule has 8 heteroatoms. The Balaban J connectivity index is 1.63. The normalized spacial score (nSPS) is 13.4. The van der Waals surface area contributed by atoms with Crippen LogP contribution in [0.15, 0.2) is 30.6 Å². The fraction of sp³-hybridized carbons (Fsp3) is 0.154. The van der Waals surface area contributed by atoms with Gasteiger partial charge in [0.25, 0.3) is 11.8 Å². The molecule has 1 aliphatic heterocycles. The molecule has 0 unspecified atom stereocenters. The molecule has 106 valence electrons. The minimum absolute atomic E-state index is 0.0189. The van der Waals surface area contributed by atoms with Gasteiger partial charge in [-0.3, -0.25) is 19.3 Å². The van der Waals surface area contributed by atoms with Crippen LogP contribution < -0.4 is 5.32 Å². The summed E-state index contributed by atoms with van der Waals surface area (Å²) < 4.78 is 3.76. The summed E-state index contributed by atoms with van der Waals surface area (Å²) in [6.07, 6.45) is 1.36. The standard InChI is InChI=1S/C13H10N4O3S/c18-10(16-13-14-7-15-21-13)5-6-17-11(19)8-3-1-2-4-9(8)12(17)20/h1-4,7H,5-6H2,(H,14,15,16,18). The summed E-state index contributed by atoms with van der Waals surface area (Å²) in [4.78, 5) is 40.8. The van der Waals surface area contributed by atoms with E-state index >= 15 is 0 Å². The van der Waals surface area contributed by atoms with Crippen LogP contribution in [-0.4, -0.2) is 38.5 Å². The Morgan fingerprint density at radius 3 is 2.43 bits per heavy atom. The number of amides is 3. The summed E-state index contributed by atoms with van der Waals surface area (Å²) in [5.74, 6) is -1.04. The Hall–Kier alpha value is -2.61. The van der Waals surface area contributed by atoms with Gasteiger partial charge >= 0.3 is 0 Å². The van der Waals surface area contributed by atoms with Crippen molar-refractivity contribution in [1.29, 1.82) is 0 Å². The van der Waals surface area contributed by atoms with E-state index in [1.165, 1.54) is 6.33 Å². The highest BCUT2D eigenvalue weighted by atomic mass is 32.1. The fourth-order valence-corrected chi connectivity index (χ4v) is 2.51. The molecule has 0 saturated carbocycles. The predicted octanol–water partition coefficient (Wildman–Crippen LogP) is 1.16. The lowest BCUT2D eigenvalue weighted by Crippen LogP contribution is -2.32. The molecule has 0 aliphatic carbocycles. The number of hydrogen-bond donors (Lipinski definition) is 1. The molecule has 3 amide bonds. The summed E-state index contributed by atoms with van der Waals surface area (Å²) >= 11 is 1.06. The fourth-order valence-electron chi connectivity index (χ4n) is 2.07. The summed E-state index contributed by atoms with van der Waals surface area (Å²) in [6.45, 7) is 0.0387. The van der Waals surface area contributed by atoms with Crippen LogP contribution in [-0.2, 0) is 4.79 Å². The molecule has 0 saturated heterocycles. The number of aromatic nitrogens is 2. The first kappa shape index (κ1) is 13.4.